The molecule has 1 N–H and O–H groups in total. The van der Waals surface area contributed by atoms with Crippen LogP contribution in [0.4, 0.5) is 5.69 Å². The van der Waals surface area contributed by atoms with Crippen molar-refractivity contribution in [2.24, 2.45) is 0 Å². The van der Waals surface area contributed by atoms with Crippen molar-refractivity contribution in [1.82, 2.24) is 0 Å². The molecule has 0 fully saturated rings. The monoisotopic (exact) mass is 229 g/mol. The van der Waals surface area contributed by atoms with Gasteiger partial charge in [0, 0.05) is 7.05 Å². The number of nitrogens with zero attached hydrogens (tertiary/aromatic N) is 1. The van der Waals surface area contributed by atoms with E-state index < -0.39 is 5.97 Å². The third kappa shape index (κ3) is 2.15. The maximum Gasteiger partial charge on any atom is 0.335 e. The van der Waals surface area contributed by atoms with Gasteiger partial charge in [0.2, 0.25) is 0 Å². The van der Waals surface area contributed by atoms with Crippen molar-refractivity contribution < 1.29 is 14.6 Å². The van der Waals surface area contributed by atoms with Crippen LogP contribution in [-0.4, -0.2) is 31.3 Å². The molecule has 1 aliphatic rings. The van der Waals surface area contributed by atoms with Gasteiger partial charge < -0.3 is 14.7 Å². The Kier molecular flexibility index (Phi) is 3.42. The lowest BCUT2D eigenvalue weighted by Gasteiger charge is -2.27. The minimum Gasteiger partial charge on any atom is -0.490 e. The first-order valence-electron chi connectivity index (χ1n) is 4.40. The van der Waals surface area contributed by atoms with Crippen molar-refractivity contribution >= 4 is 24.1 Å². The molecule has 1 aromatic rings. The van der Waals surface area contributed by atoms with Crippen LogP contribution in [0.25, 0.3) is 0 Å². The number of aromatic carboxylic acids is 1. The first-order valence-corrected chi connectivity index (χ1v) is 4.40. The van der Waals surface area contributed by atoms with E-state index in [0.717, 1.165) is 18.0 Å². The summed E-state index contributed by atoms with van der Waals surface area (Å²) in [6.07, 6.45) is 0. The highest BCUT2D eigenvalue weighted by Gasteiger charge is 2.16. The molecule has 5 heteroatoms. The molecule has 2 rings (SSSR count). The maximum absolute atomic E-state index is 10.7. The van der Waals surface area contributed by atoms with Gasteiger partial charge in [0.1, 0.15) is 12.4 Å². The summed E-state index contributed by atoms with van der Waals surface area (Å²) < 4.78 is 5.39. The van der Waals surface area contributed by atoms with Crippen LogP contribution in [0, 0.1) is 0 Å². The van der Waals surface area contributed by atoms with Gasteiger partial charge in [-0.2, -0.15) is 0 Å². The van der Waals surface area contributed by atoms with Crippen LogP contribution in [0.1, 0.15) is 10.4 Å². The zero-order valence-electron chi connectivity index (χ0n) is 8.27. The number of carboxylic acids is 1. The van der Waals surface area contributed by atoms with Gasteiger partial charge in [0.15, 0.2) is 0 Å². The Balaban J connectivity index is 0.00000112. The Labute approximate surface area is 93.9 Å². The van der Waals surface area contributed by atoms with E-state index in [0.29, 0.717) is 12.2 Å². The SMILES string of the molecule is CN1CCOc2ccc(C(=O)O)cc21.Cl. The fraction of sp³-hybridized carbons (Fsp3) is 0.300. The number of carboxylic acid groups (broad SMARTS) is 1. The Hall–Kier alpha value is -1.42. The summed E-state index contributed by atoms with van der Waals surface area (Å²) in [5.41, 5.74) is 1.14. The summed E-state index contributed by atoms with van der Waals surface area (Å²) >= 11 is 0. The summed E-state index contributed by atoms with van der Waals surface area (Å²) in [5, 5.41) is 8.81. The molecule has 4 nitrogen and oxygen atoms in total. The molecule has 0 atom stereocenters. The van der Waals surface area contributed by atoms with Crippen LogP contribution >= 0.6 is 12.4 Å². The van der Waals surface area contributed by atoms with E-state index in [1.54, 1.807) is 18.2 Å². The summed E-state index contributed by atoms with van der Waals surface area (Å²) in [6, 6.07) is 4.89. The lowest BCUT2D eigenvalue weighted by atomic mass is 10.1. The highest BCUT2D eigenvalue weighted by atomic mass is 35.5. The quantitative estimate of drug-likeness (QED) is 0.795. The molecule has 0 spiro atoms. The topological polar surface area (TPSA) is 49.8 Å². The van der Waals surface area contributed by atoms with Gasteiger partial charge in [-0.1, -0.05) is 0 Å². The number of likely N-dealkylation sites (N-methyl/N-ethyl adjacent to an activating group) is 1. The molecular formula is C10H12ClNO3. The van der Waals surface area contributed by atoms with Gasteiger partial charge in [0.05, 0.1) is 17.8 Å². The number of benzene rings is 1. The molecule has 1 aromatic carbocycles. The largest absolute Gasteiger partial charge is 0.490 e. The van der Waals surface area contributed by atoms with Crippen molar-refractivity contribution in [2.45, 2.75) is 0 Å². The van der Waals surface area contributed by atoms with Crippen molar-refractivity contribution in [3.63, 3.8) is 0 Å². The number of rotatable bonds is 1. The van der Waals surface area contributed by atoms with Gasteiger partial charge >= 0.3 is 5.97 Å². The average molecular weight is 230 g/mol. The molecule has 1 aliphatic heterocycles. The van der Waals surface area contributed by atoms with Crippen molar-refractivity contribution in [2.75, 3.05) is 25.1 Å². The standard InChI is InChI=1S/C10H11NO3.ClH/c1-11-4-5-14-9-3-2-7(10(12)13)6-8(9)11;/h2-3,6H,4-5H2,1H3,(H,12,13);1H. The molecular weight excluding hydrogens is 218 g/mol. The minimum absolute atomic E-state index is 0. The summed E-state index contributed by atoms with van der Waals surface area (Å²) in [5.74, 6) is -0.157. The van der Waals surface area contributed by atoms with E-state index in [9.17, 15) is 4.79 Å². The minimum atomic E-state index is -0.910. The van der Waals surface area contributed by atoms with Gasteiger partial charge in [-0.05, 0) is 18.2 Å². The van der Waals surface area contributed by atoms with Gasteiger partial charge in [-0.3, -0.25) is 0 Å². The summed E-state index contributed by atoms with van der Waals surface area (Å²) in [7, 11) is 1.92. The molecule has 0 saturated carbocycles. The number of hydrogen-bond acceptors (Lipinski definition) is 3. The molecule has 82 valence electrons. The van der Waals surface area contributed by atoms with Crippen LogP contribution in [0.5, 0.6) is 5.75 Å². The van der Waals surface area contributed by atoms with Crippen molar-refractivity contribution in [3.8, 4) is 5.75 Å². The van der Waals surface area contributed by atoms with Gasteiger partial charge in [-0.15, -0.1) is 12.4 Å². The Bertz CT molecular complexity index is 381. The molecule has 1 heterocycles. The summed E-state index contributed by atoms with van der Waals surface area (Å²) in [4.78, 5) is 12.7. The second-order valence-corrected chi connectivity index (χ2v) is 3.26. The molecule has 0 bridgehead atoms. The van der Waals surface area contributed by atoms with Crippen LogP contribution in [0.2, 0.25) is 0 Å². The smallest absolute Gasteiger partial charge is 0.335 e. The highest BCUT2D eigenvalue weighted by Crippen LogP contribution is 2.31. The average Bonchev–Trinajstić information content (AvgIpc) is 2.18. The van der Waals surface area contributed by atoms with E-state index in [2.05, 4.69) is 0 Å². The van der Waals surface area contributed by atoms with E-state index in [4.69, 9.17) is 9.84 Å². The van der Waals surface area contributed by atoms with Gasteiger partial charge in [0.25, 0.3) is 0 Å². The summed E-state index contributed by atoms with van der Waals surface area (Å²) in [6.45, 7) is 1.44. The Morgan fingerprint density at radius 3 is 2.93 bits per heavy atom. The predicted molar refractivity (Wildman–Crippen MR) is 59.4 cm³/mol. The number of fused-ring (bicyclic) bond motifs is 1. The second kappa shape index (κ2) is 4.40. The molecule has 0 aliphatic carbocycles. The molecule has 0 radical (unpaired) electrons. The van der Waals surface area contributed by atoms with Crippen LogP contribution in [-0.2, 0) is 0 Å². The fourth-order valence-electron chi connectivity index (χ4n) is 1.48. The van der Waals surface area contributed by atoms with Crippen LogP contribution in [0.15, 0.2) is 18.2 Å². The van der Waals surface area contributed by atoms with E-state index in [-0.39, 0.29) is 12.4 Å². The number of halogens is 1. The lowest BCUT2D eigenvalue weighted by Crippen LogP contribution is -2.28. The van der Waals surface area contributed by atoms with E-state index in [1.807, 2.05) is 11.9 Å². The fourth-order valence-corrected chi connectivity index (χ4v) is 1.48. The Morgan fingerprint density at radius 2 is 2.27 bits per heavy atom. The molecule has 0 amide bonds. The second-order valence-electron chi connectivity index (χ2n) is 3.26. The van der Waals surface area contributed by atoms with Crippen LogP contribution < -0.4 is 9.64 Å². The van der Waals surface area contributed by atoms with E-state index >= 15 is 0 Å². The van der Waals surface area contributed by atoms with Crippen LogP contribution in [0.3, 0.4) is 0 Å². The third-order valence-electron chi connectivity index (χ3n) is 2.30. The highest BCUT2D eigenvalue weighted by molar-refractivity contribution is 5.89. The molecule has 0 aromatic heterocycles. The Morgan fingerprint density at radius 1 is 1.53 bits per heavy atom. The third-order valence-corrected chi connectivity index (χ3v) is 2.30. The lowest BCUT2D eigenvalue weighted by molar-refractivity contribution is 0.0697. The van der Waals surface area contributed by atoms with Gasteiger partial charge in [-0.25, -0.2) is 4.79 Å². The normalized spacial score (nSPS) is 13.5. The number of ether oxygens (including phenoxy) is 1. The van der Waals surface area contributed by atoms with Crippen molar-refractivity contribution in [3.05, 3.63) is 23.8 Å². The van der Waals surface area contributed by atoms with Crippen molar-refractivity contribution in [1.29, 1.82) is 0 Å². The first-order chi connectivity index (χ1) is 6.68. The predicted octanol–water partition coefficient (Wildman–Crippen LogP) is 1.64. The molecule has 0 unspecified atom stereocenters. The zero-order chi connectivity index (χ0) is 10.1. The molecule has 0 saturated heterocycles. The zero-order valence-corrected chi connectivity index (χ0v) is 9.08. The van der Waals surface area contributed by atoms with E-state index in [1.165, 1.54) is 0 Å². The molecule has 15 heavy (non-hydrogen) atoms. The number of carbonyl (C=O) groups is 1. The maximum atomic E-state index is 10.7. The number of hydrogen-bond donors (Lipinski definition) is 1. The first kappa shape index (κ1) is 11.7. The number of anilines is 1.